The summed E-state index contributed by atoms with van der Waals surface area (Å²) in [5.41, 5.74) is 0.0408. The van der Waals surface area contributed by atoms with Gasteiger partial charge in [0.1, 0.15) is 10.0 Å². The van der Waals surface area contributed by atoms with Gasteiger partial charge in [0.15, 0.2) is 0 Å². The van der Waals surface area contributed by atoms with Gasteiger partial charge in [-0.3, -0.25) is 9.58 Å². The summed E-state index contributed by atoms with van der Waals surface area (Å²) in [5.74, 6) is 0. The number of likely N-dealkylation sites (tertiary alicyclic amines) is 1. The van der Waals surface area contributed by atoms with Crippen molar-refractivity contribution in [3.05, 3.63) is 10.8 Å². The van der Waals surface area contributed by atoms with Crippen molar-refractivity contribution in [2.24, 2.45) is 7.05 Å². The van der Waals surface area contributed by atoms with Crippen molar-refractivity contribution in [2.45, 2.75) is 62.0 Å². The van der Waals surface area contributed by atoms with E-state index in [1.165, 1.54) is 23.9 Å². The van der Waals surface area contributed by atoms with Crippen LogP contribution in [0.25, 0.3) is 0 Å². The van der Waals surface area contributed by atoms with Crippen molar-refractivity contribution in [3.63, 3.8) is 0 Å². The van der Waals surface area contributed by atoms with Crippen LogP contribution in [0, 0.1) is 6.92 Å². The lowest BCUT2D eigenvalue weighted by molar-refractivity contribution is -0.149. The summed E-state index contributed by atoms with van der Waals surface area (Å²) in [4.78, 5) is 2.66. The second-order valence-corrected chi connectivity index (χ2v) is 10.3. The molecule has 3 heterocycles. The van der Waals surface area contributed by atoms with E-state index >= 15 is 0 Å². The SMILES string of the molecule is Cc1nn(C)c(Cl)c1S(=O)(=O)N1CCO[C@@]2(CCCC[C@H]2N2CCCC2)C1. The van der Waals surface area contributed by atoms with Crippen LogP contribution in [0.3, 0.4) is 0 Å². The first-order valence-corrected chi connectivity index (χ1v) is 11.7. The van der Waals surface area contributed by atoms with Crippen LogP contribution < -0.4 is 0 Å². The molecule has 1 spiro atoms. The first kappa shape index (κ1) is 19.6. The van der Waals surface area contributed by atoms with E-state index in [-0.39, 0.29) is 10.0 Å². The standard InChI is InChI=1S/C18H29ClN4O3S/c1-14-16(17(19)21(2)20-14)27(24,25)23-11-12-26-18(13-23)8-4-3-7-15(18)22-9-5-6-10-22/h15H,3-13H2,1-2H3/t15-,18+/m1/s1. The van der Waals surface area contributed by atoms with Crippen LogP contribution in [0.2, 0.25) is 5.15 Å². The van der Waals surface area contributed by atoms with Gasteiger partial charge in [0.2, 0.25) is 10.0 Å². The third-order valence-corrected chi connectivity index (χ3v) is 8.93. The maximum atomic E-state index is 13.4. The van der Waals surface area contributed by atoms with E-state index in [0.29, 0.717) is 31.4 Å². The van der Waals surface area contributed by atoms with Gasteiger partial charge in [-0.15, -0.1) is 0 Å². The Balaban J connectivity index is 1.65. The van der Waals surface area contributed by atoms with Crippen LogP contribution >= 0.6 is 11.6 Å². The highest BCUT2D eigenvalue weighted by atomic mass is 35.5. The molecular weight excluding hydrogens is 388 g/mol. The largest absolute Gasteiger partial charge is 0.371 e. The number of ether oxygens (including phenoxy) is 1. The molecule has 0 N–H and O–H groups in total. The smallest absolute Gasteiger partial charge is 0.248 e. The Labute approximate surface area is 166 Å². The minimum Gasteiger partial charge on any atom is -0.371 e. The predicted molar refractivity (Wildman–Crippen MR) is 103 cm³/mol. The number of rotatable bonds is 3. The molecule has 0 amide bonds. The molecule has 0 aromatic carbocycles. The van der Waals surface area contributed by atoms with Crippen LogP contribution in [-0.2, 0) is 21.8 Å². The van der Waals surface area contributed by atoms with Crippen LogP contribution in [0.5, 0.6) is 0 Å². The molecule has 0 unspecified atom stereocenters. The number of hydrogen-bond acceptors (Lipinski definition) is 5. The highest BCUT2D eigenvalue weighted by Crippen LogP contribution is 2.40. The molecule has 2 atom stereocenters. The fourth-order valence-electron chi connectivity index (χ4n) is 5.12. The Morgan fingerprint density at radius 1 is 1.19 bits per heavy atom. The monoisotopic (exact) mass is 416 g/mol. The number of morpholine rings is 1. The minimum absolute atomic E-state index is 0.136. The van der Waals surface area contributed by atoms with Gasteiger partial charge in [0.05, 0.1) is 17.9 Å². The van der Waals surface area contributed by atoms with Crippen molar-refractivity contribution in [1.82, 2.24) is 19.0 Å². The zero-order valence-corrected chi connectivity index (χ0v) is 17.7. The lowest BCUT2D eigenvalue weighted by Gasteiger charge is -2.51. The van der Waals surface area contributed by atoms with Gasteiger partial charge in [0, 0.05) is 26.2 Å². The summed E-state index contributed by atoms with van der Waals surface area (Å²) >= 11 is 6.28. The summed E-state index contributed by atoms with van der Waals surface area (Å²) in [6.07, 6.45) is 6.72. The molecule has 1 aliphatic carbocycles. The van der Waals surface area contributed by atoms with Gasteiger partial charge in [-0.2, -0.15) is 9.40 Å². The highest BCUT2D eigenvalue weighted by molar-refractivity contribution is 7.89. The summed E-state index contributed by atoms with van der Waals surface area (Å²) in [6.45, 7) is 5.08. The topological polar surface area (TPSA) is 67.7 Å². The molecule has 1 aromatic rings. The highest BCUT2D eigenvalue weighted by Gasteiger charge is 2.50. The zero-order chi connectivity index (χ0) is 19.2. The van der Waals surface area contributed by atoms with E-state index < -0.39 is 15.6 Å². The Hall–Kier alpha value is -0.670. The van der Waals surface area contributed by atoms with Crippen molar-refractivity contribution in [2.75, 3.05) is 32.8 Å². The van der Waals surface area contributed by atoms with Gasteiger partial charge < -0.3 is 4.74 Å². The number of halogens is 1. The number of aromatic nitrogens is 2. The molecule has 2 aliphatic heterocycles. The second-order valence-electron chi connectivity index (χ2n) is 8.09. The van der Waals surface area contributed by atoms with Crippen LogP contribution in [0.15, 0.2) is 4.90 Å². The van der Waals surface area contributed by atoms with Crippen molar-refractivity contribution >= 4 is 21.6 Å². The van der Waals surface area contributed by atoms with Gasteiger partial charge in [-0.1, -0.05) is 24.4 Å². The Morgan fingerprint density at radius 2 is 1.93 bits per heavy atom. The molecule has 2 saturated heterocycles. The van der Waals surface area contributed by atoms with E-state index in [1.807, 2.05) is 0 Å². The summed E-state index contributed by atoms with van der Waals surface area (Å²) in [7, 11) is -2.04. The number of nitrogens with zero attached hydrogens (tertiary/aromatic N) is 4. The average Bonchev–Trinajstić information content (AvgIpc) is 3.24. The van der Waals surface area contributed by atoms with Crippen LogP contribution in [0.1, 0.15) is 44.2 Å². The molecule has 7 nitrogen and oxygen atoms in total. The molecule has 3 fully saturated rings. The Bertz CT molecular complexity index is 802. The van der Waals surface area contributed by atoms with Gasteiger partial charge in [0.25, 0.3) is 0 Å². The molecule has 0 radical (unpaired) electrons. The Morgan fingerprint density at radius 3 is 2.59 bits per heavy atom. The lowest BCUT2D eigenvalue weighted by Crippen LogP contribution is -2.64. The van der Waals surface area contributed by atoms with E-state index in [4.69, 9.17) is 16.3 Å². The van der Waals surface area contributed by atoms with Crippen molar-refractivity contribution in [1.29, 1.82) is 0 Å². The second kappa shape index (κ2) is 7.30. The predicted octanol–water partition coefficient (Wildman–Crippen LogP) is 2.18. The van der Waals surface area contributed by atoms with Gasteiger partial charge >= 0.3 is 0 Å². The molecule has 152 valence electrons. The first-order chi connectivity index (χ1) is 12.8. The van der Waals surface area contributed by atoms with E-state index in [1.54, 1.807) is 18.3 Å². The quantitative estimate of drug-likeness (QED) is 0.755. The summed E-state index contributed by atoms with van der Waals surface area (Å²) in [6, 6.07) is 0.303. The van der Waals surface area contributed by atoms with Crippen LogP contribution in [-0.4, -0.2) is 71.8 Å². The molecular formula is C18H29ClN4O3S. The van der Waals surface area contributed by atoms with E-state index in [9.17, 15) is 8.42 Å². The molecule has 9 heteroatoms. The summed E-state index contributed by atoms with van der Waals surface area (Å²) in [5, 5.41) is 4.37. The van der Waals surface area contributed by atoms with Gasteiger partial charge in [-0.25, -0.2) is 8.42 Å². The molecule has 1 saturated carbocycles. The van der Waals surface area contributed by atoms with Gasteiger partial charge in [-0.05, 0) is 45.7 Å². The number of sulfonamides is 1. The third kappa shape index (κ3) is 3.33. The molecule has 1 aromatic heterocycles. The molecule has 4 rings (SSSR count). The fourth-order valence-corrected chi connectivity index (χ4v) is 7.31. The average molecular weight is 417 g/mol. The molecule has 0 bridgehead atoms. The zero-order valence-electron chi connectivity index (χ0n) is 16.2. The molecule has 3 aliphatic rings. The summed E-state index contributed by atoms with van der Waals surface area (Å²) < 4.78 is 36.2. The third-order valence-electron chi connectivity index (χ3n) is 6.39. The normalized spacial score (nSPS) is 31.0. The van der Waals surface area contributed by atoms with E-state index in [2.05, 4.69) is 10.00 Å². The molecule has 27 heavy (non-hydrogen) atoms. The fraction of sp³-hybridized carbons (Fsp3) is 0.833. The van der Waals surface area contributed by atoms with Crippen molar-refractivity contribution in [3.8, 4) is 0 Å². The lowest BCUT2D eigenvalue weighted by atomic mass is 9.78. The van der Waals surface area contributed by atoms with Crippen LogP contribution in [0.4, 0.5) is 0 Å². The maximum absolute atomic E-state index is 13.4. The number of aryl methyl sites for hydroxylation is 2. The van der Waals surface area contributed by atoms with Crippen molar-refractivity contribution < 1.29 is 13.2 Å². The maximum Gasteiger partial charge on any atom is 0.248 e. The number of hydrogen-bond donors (Lipinski definition) is 0. The van der Waals surface area contributed by atoms with E-state index in [0.717, 1.165) is 32.4 Å². The first-order valence-electron chi connectivity index (χ1n) is 9.92. The Kier molecular flexibility index (Phi) is 5.31. The minimum atomic E-state index is -3.71.